The lowest BCUT2D eigenvalue weighted by Gasteiger charge is -2.31. The van der Waals surface area contributed by atoms with E-state index >= 15 is 0 Å². The lowest BCUT2D eigenvalue weighted by molar-refractivity contribution is 0.255. The molecule has 2 heteroatoms. The number of nitrogens with one attached hydrogen (secondary N) is 1. The van der Waals surface area contributed by atoms with Crippen molar-refractivity contribution < 1.29 is 4.39 Å². The van der Waals surface area contributed by atoms with E-state index in [0.29, 0.717) is 0 Å². The molecule has 106 valence electrons. The quantitative estimate of drug-likeness (QED) is 0.731. The van der Waals surface area contributed by atoms with Crippen LogP contribution in [0.5, 0.6) is 0 Å². The second-order valence-electron chi connectivity index (χ2n) is 6.35. The number of aryl methyl sites for hydroxylation is 1. The predicted molar refractivity (Wildman–Crippen MR) is 78.8 cm³/mol. The molecule has 1 N–H and O–H groups in total. The van der Waals surface area contributed by atoms with Gasteiger partial charge in [-0.15, -0.1) is 0 Å². The van der Waals surface area contributed by atoms with Crippen molar-refractivity contribution in [2.75, 3.05) is 13.1 Å². The standard InChI is InChI=1S/C17H26FN/c1-4-9-19-12-17(3,15-6-7-15)11-14-10-16(18)8-5-13(14)2/h5,8,10,15,19H,4,6-7,9,11-12H2,1-3H3. The van der Waals surface area contributed by atoms with Crippen LogP contribution in [-0.4, -0.2) is 13.1 Å². The normalized spacial score (nSPS) is 18.3. The van der Waals surface area contributed by atoms with Crippen molar-refractivity contribution >= 4 is 0 Å². The Balaban J connectivity index is 2.09. The summed E-state index contributed by atoms with van der Waals surface area (Å²) in [5, 5.41) is 3.56. The molecule has 2 rings (SSSR count). The second-order valence-corrected chi connectivity index (χ2v) is 6.35. The highest BCUT2D eigenvalue weighted by atomic mass is 19.1. The van der Waals surface area contributed by atoms with Gasteiger partial charge in [0.25, 0.3) is 0 Å². The fourth-order valence-electron chi connectivity index (χ4n) is 2.95. The van der Waals surface area contributed by atoms with E-state index < -0.39 is 0 Å². The fraction of sp³-hybridized carbons (Fsp3) is 0.647. The zero-order valence-electron chi connectivity index (χ0n) is 12.4. The Hall–Kier alpha value is -0.890. The number of hydrogen-bond acceptors (Lipinski definition) is 1. The molecule has 1 unspecified atom stereocenters. The molecule has 1 aromatic carbocycles. The van der Waals surface area contributed by atoms with E-state index in [4.69, 9.17) is 0 Å². The maximum Gasteiger partial charge on any atom is 0.123 e. The minimum Gasteiger partial charge on any atom is -0.316 e. The van der Waals surface area contributed by atoms with E-state index in [1.54, 1.807) is 12.1 Å². The first-order valence-electron chi connectivity index (χ1n) is 7.51. The molecule has 1 aliphatic rings. The van der Waals surface area contributed by atoms with Gasteiger partial charge in [-0.1, -0.05) is 19.9 Å². The first kappa shape index (κ1) is 14.5. The van der Waals surface area contributed by atoms with Crippen LogP contribution in [0.3, 0.4) is 0 Å². The highest BCUT2D eigenvalue weighted by Crippen LogP contribution is 2.47. The summed E-state index contributed by atoms with van der Waals surface area (Å²) in [5.41, 5.74) is 2.66. The van der Waals surface area contributed by atoms with Crippen LogP contribution < -0.4 is 5.32 Å². The molecule has 0 bridgehead atoms. The van der Waals surface area contributed by atoms with Crippen LogP contribution in [0, 0.1) is 24.1 Å². The lowest BCUT2D eigenvalue weighted by Crippen LogP contribution is -2.36. The van der Waals surface area contributed by atoms with Gasteiger partial charge in [0.2, 0.25) is 0 Å². The van der Waals surface area contributed by atoms with Gasteiger partial charge in [-0.2, -0.15) is 0 Å². The highest BCUT2D eigenvalue weighted by molar-refractivity contribution is 5.28. The van der Waals surface area contributed by atoms with E-state index in [9.17, 15) is 4.39 Å². The molecule has 0 aliphatic heterocycles. The van der Waals surface area contributed by atoms with Crippen molar-refractivity contribution in [2.24, 2.45) is 11.3 Å². The van der Waals surface area contributed by atoms with Gasteiger partial charge < -0.3 is 5.32 Å². The molecule has 19 heavy (non-hydrogen) atoms. The van der Waals surface area contributed by atoms with Crippen molar-refractivity contribution in [1.82, 2.24) is 5.32 Å². The van der Waals surface area contributed by atoms with Crippen LogP contribution in [-0.2, 0) is 6.42 Å². The van der Waals surface area contributed by atoms with Gasteiger partial charge >= 0.3 is 0 Å². The Morgan fingerprint density at radius 3 is 2.74 bits per heavy atom. The van der Waals surface area contributed by atoms with Gasteiger partial charge in [-0.3, -0.25) is 0 Å². The molecule has 1 aromatic rings. The van der Waals surface area contributed by atoms with Crippen molar-refractivity contribution in [3.05, 3.63) is 35.1 Å². The summed E-state index contributed by atoms with van der Waals surface area (Å²) in [6, 6.07) is 5.18. The van der Waals surface area contributed by atoms with Gasteiger partial charge in [0.1, 0.15) is 5.82 Å². The molecule has 1 fully saturated rings. The van der Waals surface area contributed by atoms with Crippen molar-refractivity contribution in [2.45, 2.75) is 46.5 Å². The third-order valence-electron chi connectivity index (χ3n) is 4.42. The number of hydrogen-bond donors (Lipinski definition) is 1. The summed E-state index contributed by atoms with van der Waals surface area (Å²) >= 11 is 0. The summed E-state index contributed by atoms with van der Waals surface area (Å²) in [6.45, 7) is 8.75. The largest absolute Gasteiger partial charge is 0.316 e. The monoisotopic (exact) mass is 263 g/mol. The van der Waals surface area contributed by atoms with E-state index in [2.05, 4.69) is 26.1 Å². The molecular weight excluding hydrogens is 237 g/mol. The Morgan fingerprint density at radius 1 is 1.37 bits per heavy atom. The number of halogens is 1. The molecule has 1 aliphatic carbocycles. The zero-order chi connectivity index (χ0) is 13.9. The summed E-state index contributed by atoms with van der Waals surface area (Å²) in [7, 11) is 0. The number of rotatable bonds is 7. The average Bonchev–Trinajstić information content (AvgIpc) is 3.19. The highest BCUT2D eigenvalue weighted by Gasteiger charge is 2.41. The van der Waals surface area contributed by atoms with Crippen molar-refractivity contribution in [3.63, 3.8) is 0 Å². The van der Waals surface area contributed by atoms with Crippen molar-refractivity contribution in [3.8, 4) is 0 Å². The van der Waals surface area contributed by atoms with Crippen LogP contribution >= 0.6 is 0 Å². The van der Waals surface area contributed by atoms with Crippen LogP contribution in [0.2, 0.25) is 0 Å². The molecular formula is C17H26FN. The average molecular weight is 263 g/mol. The van der Waals surface area contributed by atoms with Crippen LogP contribution in [0.25, 0.3) is 0 Å². The second kappa shape index (κ2) is 6.04. The molecule has 0 aromatic heterocycles. The van der Waals surface area contributed by atoms with E-state index in [1.807, 2.05) is 6.07 Å². The van der Waals surface area contributed by atoms with Crippen molar-refractivity contribution in [1.29, 1.82) is 0 Å². The molecule has 0 saturated heterocycles. The van der Waals surface area contributed by atoms with Crippen LogP contribution in [0.1, 0.15) is 44.2 Å². The summed E-state index contributed by atoms with van der Waals surface area (Å²) in [6.07, 6.45) is 4.81. The number of benzene rings is 1. The molecule has 0 spiro atoms. The minimum atomic E-state index is -0.111. The van der Waals surface area contributed by atoms with E-state index in [-0.39, 0.29) is 11.2 Å². The third kappa shape index (κ3) is 3.79. The lowest BCUT2D eigenvalue weighted by atomic mass is 9.78. The fourth-order valence-corrected chi connectivity index (χ4v) is 2.95. The van der Waals surface area contributed by atoms with Gasteiger partial charge in [-0.25, -0.2) is 4.39 Å². The first-order chi connectivity index (χ1) is 9.05. The van der Waals surface area contributed by atoms with Crippen LogP contribution in [0.4, 0.5) is 4.39 Å². The van der Waals surface area contributed by atoms with E-state index in [0.717, 1.165) is 25.4 Å². The third-order valence-corrected chi connectivity index (χ3v) is 4.42. The smallest absolute Gasteiger partial charge is 0.123 e. The Bertz CT molecular complexity index is 425. The summed E-state index contributed by atoms with van der Waals surface area (Å²) < 4.78 is 13.4. The van der Waals surface area contributed by atoms with Gasteiger partial charge in [-0.05, 0) is 73.7 Å². The molecule has 0 amide bonds. The Labute approximate surface area is 116 Å². The predicted octanol–water partition coefficient (Wildman–Crippen LogP) is 4.09. The molecule has 0 radical (unpaired) electrons. The SMILES string of the molecule is CCCNCC(C)(Cc1cc(F)ccc1C)C1CC1. The van der Waals surface area contributed by atoms with Gasteiger partial charge in [0.15, 0.2) is 0 Å². The molecule has 0 heterocycles. The zero-order valence-corrected chi connectivity index (χ0v) is 12.4. The molecule has 1 atom stereocenters. The van der Waals surface area contributed by atoms with Gasteiger partial charge in [0.05, 0.1) is 0 Å². The van der Waals surface area contributed by atoms with E-state index in [1.165, 1.54) is 30.4 Å². The Kier molecular flexibility index (Phi) is 4.62. The first-order valence-corrected chi connectivity index (χ1v) is 7.51. The van der Waals surface area contributed by atoms with Crippen LogP contribution in [0.15, 0.2) is 18.2 Å². The topological polar surface area (TPSA) is 12.0 Å². The van der Waals surface area contributed by atoms with Gasteiger partial charge in [0, 0.05) is 6.54 Å². The summed E-state index contributed by atoms with van der Waals surface area (Å²) in [4.78, 5) is 0. The molecule has 1 saturated carbocycles. The maximum atomic E-state index is 13.4. The summed E-state index contributed by atoms with van der Waals surface area (Å²) in [5.74, 6) is 0.694. The molecule has 1 nitrogen and oxygen atoms in total. The maximum absolute atomic E-state index is 13.4. The minimum absolute atomic E-state index is 0.111. The Morgan fingerprint density at radius 2 is 2.11 bits per heavy atom.